The molecule has 0 aliphatic rings. The lowest BCUT2D eigenvalue weighted by molar-refractivity contribution is 0.411. The van der Waals surface area contributed by atoms with Crippen molar-refractivity contribution >= 4 is 43.2 Å². The molecule has 0 radical (unpaired) electrons. The Hall–Kier alpha value is -0.430. The van der Waals surface area contributed by atoms with Crippen LogP contribution in [0.4, 0.5) is 0 Å². The van der Waals surface area contributed by atoms with Gasteiger partial charge in [0.2, 0.25) is 0 Å². The summed E-state index contributed by atoms with van der Waals surface area (Å²) in [6.07, 6.45) is 3.56. The van der Waals surface area contributed by atoms with E-state index in [1.807, 2.05) is 19.3 Å². The summed E-state index contributed by atoms with van der Waals surface area (Å²) in [6, 6.07) is 4.21. The number of nitrogens with zero attached hydrogens (tertiary/aromatic N) is 1. The van der Waals surface area contributed by atoms with Crippen LogP contribution in [0.2, 0.25) is 0 Å². The van der Waals surface area contributed by atoms with Crippen LogP contribution in [0.3, 0.4) is 0 Å². The highest BCUT2D eigenvalue weighted by atomic mass is 79.9. The largest absolute Gasteiger partial charge is 0.495 e. The number of nitrogens with one attached hydrogen (secondary N) is 1. The first kappa shape index (κ1) is 14.0. The van der Waals surface area contributed by atoms with E-state index in [0.717, 1.165) is 19.6 Å². The molecule has 18 heavy (non-hydrogen) atoms. The van der Waals surface area contributed by atoms with Crippen LogP contribution in [0.25, 0.3) is 0 Å². The van der Waals surface area contributed by atoms with Gasteiger partial charge in [-0.15, -0.1) is 11.3 Å². The predicted octanol–water partition coefficient (Wildman–Crippen LogP) is 3.99. The van der Waals surface area contributed by atoms with Gasteiger partial charge in [-0.25, -0.2) is 0 Å². The number of pyridine rings is 1. The normalized spacial score (nSPS) is 12.4. The summed E-state index contributed by atoms with van der Waals surface area (Å²) in [5.41, 5.74) is 1.08. The summed E-state index contributed by atoms with van der Waals surface area (Å²) in [7, 11) is 3.58. The lowest BCUT2D eigenvalue weighted by Gasteiger charge is -2.15. The molecule has 1 unspecified atom stereocenters. The monoisotopic (exact) mass is 390 g/mol. The van der Waals surface area contributed by atoms with Crippen LogP contribution < -0.4 is 10.1 Å². The second-order valence-electron chi connectivity index (χ2n) is 3.65. The van der Waals surface area contributed by atoms with Gasteiger partial charge in [-0.2, -0.15) is 0 Å². The Morgan fingerprint density at radius 2 is 2.11 bits per heavy atom. The number of hydrogen-bond donors (Lipinski definition) is 1. The van der Waals surface area contributed by atoms with E-state index in [-0.39, 0.29) is 6.04 Å². The Balaban J connectivity index is 2.38. The molecule has 2 rings (SSSR count). The van der Waals surface area contributed by atoms with Crippen molar-refractivity contribution in [2.45, 2.75) is 6.04 Å². The number of ether oxygens (including phenoxy) is 1. The van der Waals surface area contributed by atoms with Crippen LogP contribution in [-0.4, -0.2) is 19.1 Å². The Morgan fingerprint density at radius 3 is 2.67 bits per heavy atom. The van der Waals surface area contributed by atoms with Crippen LogP contribution in [0, 0.1) is 0 Å². The number of thiophene rings is 1. The molecule has 0 spiro atoms. The second kappa shape index (κ2) is 6.14. The van der Waals surface area contributed by atoms with Crippen LogP contribution in [-0.2, 0) is 0 Å². The lowest BCUT2D eigenvalue weighted by atomic mass is 10.1. The fraction of sp³-hybridized carbons (Fsp3) is 0.250. The van der Waals surface area contributed by atoms with Crippen LogP contribution >= 0.6 is 43.2 Å². The van der Waals surface area contributed by atoms with E-state index in [9.17, 15) is 0 Å². The van der Waals surface area contributed by atoms with Gasteiger partial charge in [-0.1, -0.05) is 0 Å². The number of rotatable bonds is 4. The van der Waals surface area contributed by atoms with Crippen molar-refractivity contribution in [1.82, 2.24) is 10.3 Å². The summed E-state index contributed by atoms with van der Waals surface area (Å²) in [4.78, 5) is 5.41. The highest BCUT2D eigenvalue weighted by Crippen LogP contribution is 2.37. The molecule has 96 valence electrons. The first-order valence-electron chi connectivity index (χ1n) is 5.26. The summed E-state index contributed by atoms with van der Waals surface area (Å²) >= 11 is 8.72. The minimum Gasteiger partial charge on any atom is -0.495 e. The van der Waals surface area contributed by atoms with Gasteiger partial charge in [0, 0.05) is 15.5 Å². The van der Waals surface area contributed by atoms with E-state index in [2.05, 4.69) is 48.2 Å². The van der Waals surface area contributed by atoms with Gasteiger partial charge in [-0.3, -0.25) is 4.98 Å². The van der Waals surface area contributed by atoms with Crippen molar-refractivity contribution in [2.75, 3.05) is 14.2 Å². The minimum absolute atomic E-state index is 0.111. The molecule has 0 amide bonds. The third-order valence-electron chi connectivity index (χ3n) is 2.54. The highest BCUT2D eigenvalue weighted by molar-refractivity contribution is 9.13. The van der Waals surface area contributed by atoms with Crippen molar-refractivity contribution in [1.29, 1.82) is 0 Å². The molecule has 0 aromatic carbocycles. The molecule has 0 saturated heterocycles. The second-order valence-corrected chi connectivity index (χ2v) is 6.91. The fourth-order valence-electron chi connectivity index (χ4n) is 1.68. The molecule has 3 nitrogen and oxygen atoms in total. The highest BCUT2D eigenvalue weighted by Gasteiger charge is 2.17. The first-order valence-corrected chi connectivity index (χ1v) is 7.67. The van der Waals surface area contributed by atoms with Crippen molar-refractivity contribution in [3.63, 3.8) is 0 Å². The van der Waals surface area contributed by atoms with Crippen LogP contribution in [0.15, 0.2) is 32.8 Å². The van der Waals surface area contributed by atoms with Gasteiger partial charge in [0.15, 0.2) is 0 Å². The molecular formula is C12H12Br2N2OS. The van der Waals surface area contributed by atoms with Gasteiger partial charge in [0.1, 0.15) is 5.75 Å². The molecule has 1 atom stereocenters. The zero-order valence-corrected chi connectivity index (χ0v) is 13.9. The molecule has 2 heterocycles. The SMILES string of the molecule is CNC(c1cncc(OC)c1)c1cc(Br)c(Br)s1. The van der Waals surface area contributed by atoms with Crippen molar-refractivity contribution < 1.29 is 4.74 Å². The van der Waals surface area contributed by atoms with Gasteiger partial charge in [0.05, 0.1) is 23.1 Å². The van der Waals surface area contributed by atoms with Crippen molar-refractivity contribution in [3.8, 4) is 5.75 Å². The number of halogens is 2. The molecule has 0 saturated carbocycles. The van der Waals surface area contributed by atoms with Gasteiger partial charge >= 0.3 is 0 Å². The molecule has 0 aliphatic carbocycles. The Labute approximate surface area is 127 Å². The smallest absolute Gasteiger partial charge is 0.137 e. The molecule has 0 bridgehead atoms. The topological polar surface area (TPSA) is 34.2 Å². The Bertz CT molecular complexity index is 525. The third-order valence-corrected chi connectivity index (χ3v) is 5.86. The standard InChI is InChI=1S/C12H12Br2N2OS/c1-15-11(10-4-9(13)12(14)18-10)7-3-8(17-2)6-16-5-7/h3-6,11,15H,1-2H3. The average molecular weight is 392 g/mol. The van der Waals surface area contributed by atoms with Gasteiger partial charge in [0.25, 0.3) is 0 Å². The quantitative estimate of drug-likeness (QED) is 0.855. The van der Waals surface area contributed by atoms with E-state index in [4.69, 9.17) is 4.74 Å². The average Bonchev–Trinajstić information content (AvgIpc) is 2.70. The third kappa shape index (κ3) is 2.93. The zero-order chi connectivity index (χ0) is 13.1. The maximum Gasteiger partial charge on any atom is 0.137 e. The van der Waals surface area contributed by atoms with E-state index in [0.29, 0.717) is 0 Å². The molecule has 0 fully saturated rings. The molecule has 0 aliphatic heterocycles. The summed E-state index contributed by atoms with van der Waals surface area (Å²) in [5.74, 6) is 0.766. The van der Waals surface area contributed by atoms with Gasteiger partial charge < -0.3 is 10.1 Å². The number of hydrogen-bond acceptors (Lipinski definition) is 4. The van der Waals surface area contributed by atoms with E-state index < -0.39 is 0 Å². The maximum absolute atomic E-state index is 5.21. The Morgan fingerprint density at radius 1 is 1.33 bits per heavy atom. The molecule has 6 heteroatoms. The number of methoxy groups -OCH3 is 1. The Kier molecular flexibility index (Phi) is 4.77. The fourth-order valence-corrected chi connectivity index (χ4v) is 3.91. The molecule has 2 aromatic rings. The van der Waals surface area contributed by atoms with E-state index in [1.54, 1.807) is 24.6 Å². The molecule has 2 aromatic heterocycles. The van der Waals surface area contributed by atoms with E-state index >= 15 is 0 Å². The van der Waals surface area contributed by atoms with Crippen LogP contribution in [0.5, 0.6) is 5.75 Å². The summed E-state index contributed by atoms with van der Waals surface area (Å²) in [5, 5.41) is 3.30. The first-order chi connectivity index (χ1) is 8.65. The van der Waals surface area contributed by atoms with E-state index in [1.165, 1.54) is 4.88 Å². The van der Waals surface area contributed by atoms with Crippen molar-refractivity contribution in [2.24, 2.45) is 0 Å². The molecular weight excluding hydrogens is 380 g/mol. The molecule has 1 N–H and O–H groups in total. The predicted molar refractivity (Wildman–Crippen MR) is 81.4 cm³/mol. The van der Waals surface area contributed by atoms with Crippen LogP contribution in [0.1, 0.15) is 16.5 Å². The number of aromatic nitrogens is 1. The van der Waals surface area contributed by atoms with Gasteiger partial charge in [-0.05, 0) is 56.6 Å². The lowest BCUT2D eigenvalue weighted by Crippen LogP contribution is -2.16. The summed E-state index contributed by atoms with van der Waals surface area (Å²) in [6.45, 7) is 0. The zero-order valence-electron chi connectivity index (χ0n) is 9.91. The summed E-state index contributed by atoms with van der Waals surface area (Å²) < 4.78 is 7.37. The van der Waals surface area contributed by atoms with Crippen molar-refractivity contribution in [3.05, 3.63) is 43.2 Å². The minimum atomic E-state index is 0.111. The maximum atomic E-state index is 5.21.